The second kappa shape index (κ2) is 8.85. The summed E-state index contributed by atoms with van der Waals surface area (Å²) in [5.41, 5.74) is 1.34. The predicted molar refractivity (Wildman–Crippen MR) is 104 cm³/mol. The van der Waals surface area contributed by atoms with Crippen LogP contribution in [0.2, 0.25) is 0 Å². The Bertz CT molecular complexity index is 953. The normalized spacial score (nSPS) is 11.5. The van der Waals surface area contributed by atoms with Crippen LogP contribution in [0.1, 0.15) is 28.9 Å². The lowest BCUT2D eigenvalue weighted by Crippen LogP contribution is -2.26. The van der Waals surface area contributed by atoms with Gasteiger partial charge in [-0.2, -0.15) is 5.10 Å². The van der Waals surface area contributed by atoms with Crippen molar-refractivity contribution in [3.8, 4) is 5.75 Å². The van der Waals surface area contributed by atoms with Crippen LogP contribution >= 0.6 is 0 Å². The van der Waals surface area contributed by atoms with Crippen LogP contribution in [0, 0.1) is 0 Å². The highest BCUT2D eigenvalue weighted by atomic mass is 16.5. The van der Waals surface area contributed by atoms with Crippen molar-refractivity contribution in [3.05, 3.63) is 78.1 Å². The highest BCUT2D eigenvalue weighted by Gasteiger charge is 2.27. The molecule has 2 aromatic carbocycles. The molecule has 1 unspecified atom stereocenters. The lowest BCUT2D eigenvalue weighted by Gasteiger charge is -2.19. The van der Waals surface area contributed by atoms with Gasteiger partial charge in [-0.1, -0.05) is 42.5 Å². The SMILES string of the molecule is CCOc1ccccc1NC(=O)C(OC(=O)c1cnn(C)c1)c1ccccc1. The maximum atomic E-state index is 13.0. The molecule has 3 aromatic rings. The number of aromatic nitrogens is 2. The van der Waals surface area contributed by atoms with Crippen molar-refractivity contribution in [3.63, 3.8) is 0 Å². The molecule has 0 fully saturated rings. The van der Waals surface area contributed by atoms with Crippen molar-refractivity contribution in [2.45, 2.75) is 13.0 Å². The summed E-state index contributed by atoms with van der Waals surface area (Å²) < 4.78 is 12.6. The molecule has 0 spiro atoms. The standard InChI is InChI=1S/C21H21N3O4/c1-3-27-18-12-8-7-11-17(18)23-20(25)19(15-9-5-4-6-10-15)28-21(26)16-13-22-24(2)14-16/h4-14,19H,3H2,1-2H3,(H,23,25). The number of esters is 1. The molecule has 1 N–H and O–H groups in total. The Hall–Kier alpha value is -3.61. The van der Waals surface area contributed by atoms with Crippen LogP contribution in [0.15, 0.2) is 67.0 Å². The molecule has 7 nitrogen and oxygen atoms in total. The number of ether oxygens (including phenoxy) is 2. The van der Waals surface area contributed by atoms with E-state index in [0.717, 1.165) is 0 Å². The Balaban J connectivity index is 1.85. The Morgan fingerprint density at radius 1 is 1.11 bits per heavy atom. The third kappa shape index (κ3) is 4.56. The summed E-state index contributed by atoms with van der Waals surface area (Å²) in [6.07, 6.45) is 1.81. The van der Waals surface area contributed by atoms with Crippen molar-refractivity contribution < 1.29 is 19.1 Å². The second-order valence-corrected chi connectivity index (χ2v) is 6.02. The van der Waals surface area contributed by atoms with Crippen molar-refractivity contribution >= 4 is 17.6 Å². The molecule has 0 aliphatic heterocycles. The molecule has 0 saturated carbocycles. The zero-order chi connectivity index (χ0) is 19.9. The van der Waals surface area contributed by atoms with Gasteiger partial charge in [0.1, 0.15) is 5.75 Å². The van der Waals surface area contributed by atoms with E-state index in [1.807, 2.05) is 19.1 Å². The Morgan fingerprint density at radius 2 is 1.82 bits per heavy atom. The van der Waals surface area contributed by atoms with E-state index in [2.05, 4.69) is 10.4 Å². The molecule has 1 amide bonds. The Labute approximate surface area is 162 Å². The van der Waals surface area contributed by atoms with Crippen LogP contribution in [-0.4, -0.2) is 28.3 Å². The number of nitrogens with one attached hydrogen (secondary N) is 1. The van der Waals surface area contributed by atoms with Crippen LogP contribution < -0.4 is 10.1 Å². The van der Waals surface area contributed by atoms with Gasteiger partial charge in [0.15, 0.2) is 0 Å². The molecule has 1 heterocycles. The first kappa shape index (κ1) is 19.2. The molecule has 0 aliphatic rings. The first-order valence-electron chi connectivity index (χ1n) is 8.85. The fourth-order valence-corrected chi connectivity index (χ4v) is 2.65. The maximum Gasteiger partial charge on any atom is 0.342 e. The van der Waals surface area contributed by atoms with E-state index in [1.54, 1.807) is 49.5 Å². The highest BCUT2D eigenvalue weighted by Crippen LogP contribution is 2.27. The number of rotatable bonds is 7. The molecule has 0 bridgehead atoms. The minimum Gasteiger partial charge on any atom is -0.492 e. The van der Waals surface area contributed by atoms with Gasteiger partial charge < -0.3 is 14.8 Å². The number of aryl methyl sites for hydroxylation is 1. The average molecular weight is 379 g/mol. The second-order valence-electron chi connectivity index (χ2n) is 6.02. The van der Waals surface area contributed by atoms with Crippen molar-refractivity contribution in [2.75, 3.05) is 11.9 Å². The monoisotopic (exact) mass is 379 g/mol. The summed E-state index contributed by atoms with van der Waals surface area (Å²) in [4.78, 5) is 25.5. The van der Waals surface area contributed by atoms with E-state index in [1.165, 1.54) is 17.1 Å². The largest absolute Gasteiger partial charge is 0.492 e. The molecule has 0 radical (unpaired) electrons. The van der Waals surface area contributed by atoms with Gasteiger partial charge in [0, 0.05) is 18.8 Å². The van der Waals surface area contributed by atoms with E-state index >= 15 is 0 Å². The van der Waals surface area contributed by atoms with Crippen molar-refractivity contribution in [1.82, 2.24) is 9.78 Å². The quantitative estimate of drug-likeness (QED) is 0.637. The predicted octanol–water partition coefficient (Wildman–Crippen LogP) is 3.36. The fraction of sp³-hybridized carbons (Fsp3) is 0.190. The molecule has 0 aliphatic carbocycles. The van der Waals surface area contributed by atoms with E-state index in [-0.39, 0.29) is 5.56 Å². The zero-order valence-electron chi connectivity index (χ0n) is 15.7. The highest BCUT2D eigenvalue weighted by molar-refractivity contribution is 5.98. The molecule has 1 atom stereocenters. The van der Waals surface area contributed by atoms with Gasteiger partial charge in [-0.15, -0.1) is 0 Å². The van der Waals surface area contributed by atoms with E-state index < -0.39 is 18.0 Å². The third-order valence-electron chi connectivity index (χ3n) is 3.95. The van der Waals surface area contributed by atoms with Gasteiger partial charge in [-0.25, -0.2) is 4.79 Å². The number of nitrogens with zero attached hydrogens (tertiary/aromatic N) is 2. The summed E-state index contributed by atoms with van der Waals surface area (Å²) in [7, 11) is 1.70. The van der Waals surface area contributed by atoms with Crippen molar-refractivity contribution in [2.24, 2.45) is 7.05 Å². The number of carbonyl (C=O) groups excluding carboxylic acids is 2. The minimum absolute atomic E-state index is 0.269. The summed E-state index contributed by atoms with van der Waals surface area (Å²) in [5.74, 6) is -0.561. The molecule has 0 saturated heterocycles. The van der Waals surface area contributed by atoms with Crippen LogP contribution in [0.3, 0.4) is 0 Å². The number of benzene rings is 2. The van der Waals surface area contributed by atoms with Gasteiger partial charge in [-0.05, 0) is 19.1 Å². The number of hydrogen-bond donors (Lipinski definition) is 1. The van der Waals surface area contributed by atoms with E-state index in [0.29, 0.717) is 23.6 Å². The van der Waals surface area contributed by atoms with Crippen LogP contribution in [0.4, 0.5) is 5.69 Å². The lowest BCUT2D eigenvalue weighted by atomic mass is 10.1. The maximum absolute atomic E-state index is 13.0. The van der Waals surface area contributed by atoms with Gasteiger partial charge in [0.2, 0.25) is 6.10 Å². The molecular formula is C21H21N3O4. The summed E-state index contributed by atoms with van der Waals surface area (Å²) in [6.45, 7) is 2.33. The lowest BCUT2D eigenvalue weighted by molar-refractivity contribution is -0.125. The van der Waals surface area contributed by atoms with Gasteiger partial charge in [-0.3, -0.25) is 9.48 Å². The molecule has 3 rings (SSSR count). The zero-order valence-corrected chi connectivity index (χ0v) is 15.7. The number of para-hydroxylation sites is 2. The average Bonchev–Trinajstić information content (AvgIpc) is 3.15. The van der Waals surface area contributed by atoms with Crippen molar-refractivity contribution in [1.29, 1.82) is 0 Å². The van der Waals surface area contributed by atoms with Gasteiger partial charge >= 0.3 is 5.97 Å². The summed E-state index contributed by atoms with van der Waals surface area (Å²) in [5, 5.41) is 6.76. The summed E-state index contributed by atoms with van der Waals surface area (Å²) in [6, 6.07) is 15.9. The molecule has 144 valence electrons. The van der Waals surface area contributed by atoms with Gasteiger partial charge in [0.25, 0.3) is 5.91 Å². The first-order chi connectivity index (χ1) is 13.6. The minimum atomic E-state index is -1.12. The number of amides is 1. The third-order valence-corrected chi connectivity index (χ3v) is 3.95. The number of carbonyl (C=O) groups is 2. The number of hydrogen-bond acceptors (Lipinski definition) is 5. The smallest absolute Gasteiger partial charge is 0.342 e. The Kier molecular flexibility index (Phi) is 6.06. The molecular weight excluding hydrogens is 358 g/mol. The van der Waals surface area contributed by atoms with E-state index in [4.69, 9.17) is 9.47 Å². The molecule has 7 heteroatoms. The number of anilines is 1. The molecule has 28 heavy (non-hydrogen) atoms. The molecule has 1 aromatic heterocycles. The first-order valence-corrected chi connectivity index (χ1v) is 8.85. The van der Waals surface area contributed by atoms with E-state index in [9.17, 15) is 9.59 Å². The fourth-order valence-electron chi connectivity index (χ4n) is 2.65. The van der Waals surface area contributed by atoms with Crippen LogP contribution in [0.25, 0.3) is 0 Å². The Morgan fingerprint density at radius 3 is 2.50 bits per heavy atom. The van der Waals surface area contributed by atoms with Crippen LogP contribution in [0.5, 0.6) is 5.75 Å². The van der Waals surface area contributed by atoms with Crippen LogP contribution in [-0.2, 0) is 16.6 Å². The topological polar surface area (TPSA) is 82.4 Å². The van der Waals surface area contributed by atoms with Gasteiger partial charge in [0.05, 0.1) is 24.1 Å². The summed E-state index contributed by atoms with van der Waals surface area (Å²) >= 11 is 0.